The molecule has 1 amide bonds. The summed E-state index contributed by atoms with van der Waals surface area (Å²) in [5.74, 6) is 2.28. The van der Waals surface area contributed by atoms with Crippen molar-refractivity contribution in [3.63, 3.8) is 0 Å². The number of hydrogen-bond donors (Lipinski definition) is 2. The highest BCUT2D eigenvalue weighted by Gasteiger charge is 1.96. The molecule has 0 rings (SSSR count). The van der Waals surface area contributed by atoms with Crippen LogP contribution in [0.25, 0.3) is 0 Å². The third-order valence-electron chi connectivity index (χ3n) is 0.791. The second-order valence-corrected chi connectivity index (χ2v) is 1.60. The molecule has 0 aliphatic carbocycles. The highest BCUT2D eigenvalue weighted by atomic mass is 16.5. The summed E-state index contributed by atoms with van der Waals surface area (Å²) in [6.45, 7) is 1.59. The van der Waals surface area contributed by atoms with Gasteiger partial charge in [0, 0.05) is 0 Å². The molecule has 0 radical (unpaired) electrons. The van der Waals surface area contributed by atoms with Crippen molar-refractivity contribution in [2.75, 3.05) is 6.73 Å². The maximum absolute atomic E-state index is 9.83. The van der Waals surface area contributed by atoms with Crippen LogP contribution in [-0.2, 0) is 4.74 Å². The van der Waals surface area contributed by atoms with Gasteiger partial charge >= 0.3 is 6.09 Å². The topological polar surface area (TPSA) is 58.6 Å². The Morgan fingerprint density at radius 1 is 2.00 bits per heavy atom. The number of amides is 1. The highest BCUT2D eigenvalue weighted by molar-refractivity contribution is 5.64. The molecule has 0 spiro atoms. The zero-order chi connectivity index (χ0) is 7.98. The molecule has 0 saturated carbocycles. The zero-order valence-corrected chi connectivity index (χ0v) is 5.63. The lowest BCUT2D eigenvalue weighted by Gasteiger charge is -2.04. The number of carbonyl (C=O) groups is 1. The van der Waals surface area contributed by atoms with Crippen molar-refractivity contribution in [3.05, 3.63) is 0 Å². The first-order chi connectivity index (χ1) is 4.66. The van der Waals surface area contributed by atoms with Crippen LogP contribution in [0.15, 0.2) is 0 Å². The molecule has 1 unspecified atom stereocenters. The summed E-state index contributed by atoms with van der Waals surface area (Å²) in [7, 11) is 0. The first-order valence-electron chi connectivity index (χ1n) is 2.71. The number of terminal acetylenes is 1. The largest absolute Gasteiger partial charge is 0.465 e. The van der Waals surface area contributed by atoms with Gasteiger partial charge in [0.25, 0.3) is 0 Å². The molecule has 0 heterocycles. The van der Waals surface area contributed by atoms with Crippen LogP contribution in [0.5, 0.6) is 0 Å². The molecule has 0 bridgehead atoms. The van der Waals surface area contributed by atoms with Crippen LogP contribution in [0.2, 0.25) is 0 Å². The van der Waals surface area contributed by atoms with Crippen LogP contribution in [0.3, 0.4) is 0 Å². The van der Waals surface area contributed by atoms with Crippen LogP contribution in [0.4, 0.5) is 4.79 Å². The van der Waals surface area contributed by atoms with E-state index in [0.717, 1.165) is 0 Å². The van der Waals surface area contributed by atoms with Crippen LogP contribution in [0.1, 0.15) is 6.92 Å². The van der Waals surface area contributed by atoms with E-state index >= 15 is 0 Å². The standard InChI is InChI=1S/C6H9NO3/c1-3-5(2)10-4-7-6(8)9/h1,5,7H,4H2,2H3,(H,8,9). The van der Waals surface area contributed by atoms with Gasteiger partial charge in [-0.15, -0.1) is 6.42 Å². The fraction of sp³-hybridized carbons (Fsp3) is 0.500. The number of rotatable bonds is 3. The van der Waals surface area contributed by atoms with E-state index in [1.807, 2.05) is 5.32 Å². The van der Waals surface area contributed by atoms with E-state index in [0.29, 0.717) is 0 Å². The molecule has 0 fully saturated rings. The summed E-state index contributed by atoms with van der Waals surface area (Å²) in [6, 6.07) is 0. The van der Waals surface area contributed by atoms with Gasteiger partial charge < -0.3 is 9.84 Å². The van der Waals surface area contributed by atoms with E-state index in [9.17, 15) is 4.79 Å². The van der Waals surface area contributed by atoms with Gasteiger partial charge in [-0.3, -0.25) is 5.32 Å². The van der Waals surface area contributed by atoms with Gasteiger partial charge in [0.1, 0.15) is 12.8 Å². The lowest BCUT2D eigenvalue weighted by atomic mass is 10.4. The summed E-state index contributed by atoms with van der Waals surface area (Å²) >= 11 is 0. The Hall–Kier alpha value is -1.21. The minimum Gasteiger partial charge on any atom is -0.465 e. The average molecular weight is 143 g/mol. The van der Waals surface area contributed by atoms with E-state index in [1.165, 1.54) is 0 Å². The summed E-state index contributed by atoms with van der Waals surface area (Å²) in [6.07, 6.45) is 3.46. The number of hydrogen-bond acceptors (Lipinski definition) is 2. The lowest BCUT2D eigenvalue weighted by Crippen LogP contribution is -2.26. The lowest BCUT2D eigenvalue weighted by molar-refractivity contribution is 0.0852. The van der Waals surface area contributed by atoms with Gasteiger partial charge in [-0.25, -0.2) is 4.79 Å². The van der Waals surface area contributed by atoms with Gasteiger partial charge in [0.2, 0.25) is 0 Å². The Morgan fingerprint density at radius 2 is 2.60 bits per heavy atom. The van der Waals surface area contributed by atoms with Crippen molar-refractivity contribution in [2.24, 2.45) is 0 Å². The van der Waals surface area contributed by atoms with Crippen LogP contribution >= 0.6 is 0 Å². The Balaban J connectivity index is 3.22. The Labute approximate surface area is 59.2 Å². The molecule has 2 N–H and O–H groups in total. The van der Waals surface area contributed by atoms with Gasteiger partial charge in [-0.05, 0) is 6.92 Å². The molecule has 56 valence electrons. The molecule has 0 aliphatic rings. The van der Waals surface area contributed by atoms with Gasteiger partial charge in [-0.1, -0.05) is 5.92 Å². The average Bonchev–Trinajstić information content (AvgIpc) is 1.87. The van der Waals surface area contributed by atoms with E-state index in [-0.39, 0.29) is 12.8 Å². The van der Waals surface area contributed by atoms with E-state index in [4.69, 9.17) is 16.3 Å². The van der Waals surface area contributed by atoms with Crippen LogP contribution in [-0.4, -0.2) is 24.0 Å². The van der Waals surface area contributed by atoms with Crippen molar-refractivity contribution in [1.29, 1.82) is 0 Å². The minimum absolute atomic E-state index is 0.0688. The smallest absolute Gasteiger partial charge is 0.406 e. The van der Waals surface area contributed by atoms with Crippen molar-refractivity contribution in [1.82, 2.24) is 5.32 Å². The minimum atomic E-state index is -1.12. The van der Waals surface area contributed by atoms with E-state index < -0.39 is 6.09 Å². The molecule has 0 aliphatic heterocycles. The molecule has 10 heavy (non-hydrogen) atoms. The molecule has 0 aromatic carbocycles. The predicted molar refractivity (Wildman–Crippen MR) is 35.4 cm³/mol. The third-order valence-corrected chi connectivity index (χ3v) is 0.791. The first-order valence-corrected chi connectivity index (χ1v) is 2.71. The van der Waals surface area contributed by atoms with Gasteiger partial charge in [0.05, 0.1) is 0 Å². The summed E-state index contributed by atoms with van der Waals surface area (Å²) in [5.41, 5.74) is 0. The molecular weight excluding hydrogens is 134 g/mol. The summed E-state index contributed by atoms with van der Waals surface area (Å²) in [4.78, 5) is 9.83. The Morgan fingerprint density at radius 3 is 3.00 bits per heavy atom. The maximum atomic E-state index is 9.83. The van der Waals surface area contributed by atoms with E-state index in [2.05, 4.69) is 5.92 Å². The maximum Gasteiger partial charge on any atom is 0.406 e. The monoisotopic (exact) mass is 143 g/mol. The molecule has 0 aromatic heterocycles. The molecule has 0 saturated heterocycles. The second kappa shape index (κ2) is 4.65. The summed E-state index contributed by atoms with van der Waals surface area (Å²) < 4.78 is 4.77. The first kappa shape index (κ1) is 8.79. The highest BCUT2D eigenvalue weighted by Crippen LogP contribution is 1.83. The van der Waals surface area contributed by atoms with E-state index in [1.54, 1.807) is 6.92 Å². The molecule has 4 nitrogen and oxygen atoms in total. The van der Waals surface area contributed by atoms with Crippen molar-refractivity contribution >= 4 is 6.09 Å². The second-order valence-electron chi connectivity index (χ2n) is 1.60. The molecule has 4 heteroatoms. The SMILES string of the molecule is C#CC(C)OCNC(=O)O. The van der Waals surface area contributed by atoms with Gasteiger partial charge in [-0.2, -0.15) is 0 Å². The fourth-order valence-corrected chi connectivity index (χ4v) is 0.277. The Bertz CT molecular complexity index is 150. The quantitative estimate of drug-likeness (QED) is 0.439. The third kappa shape index (κ3) is 4.94. The summed E-state index contributed by atoms with van der Waals surface area (Å²) in [5, 5.41) is 10.1. The van der Waals surface area contributed by atoms with Crippen LogP contribution < -0.4 is 5.32 Å². The zero-order valence-electron chi connectivity index (χ0n) is 5.63. The van der Waals surface area contributed by atoms with Crippen molar-refractivity contribution in [2.45, 2.75) is 13.0 Å². The van der Waals surface area contributed by atoms with Crippen LogP contribution in [0, 0.1) is 12.3 Å². The number of ether oxygens (including phenoxy) is 1. The number of carboxylic acid groups (broad SMARTS) is 1. The predicted octanol–water partition coefficient (Wildman–Crippen LogP) is 0.250. The molecule has 0 aromatic rings. The molecular formula is C6H9NO3. The van der Waals surface area contributed by atoms with Crippen molar-refractivity contribution in [3.8, 4) is 12.3 Å². The van der Waals surface area contributed by atoms with Gasteiger partial charge in [0.15, 0.2) is 0 Å². The Kier molecular flexibility index (Phi) is 4.09. The van der Waals surface area contributed by atoms with Crippen molar-refractivity contribution < 1.29 is 14.6 Å². The fourth-order valence-electron chi connectivity index (χ4n) is 0.277. The number of nitrogens with one attached hydrogen (secondary N) is 1. The normalized spacial score (nSPS) is 11.6. The molecule has 1 atom stereocenters.